The number of amides is 1. The molecular formula is C18H21N3O4. The quantitative estimate of drug-likeness (QED) is 0.845. The van der Waals surface area contributed by atoms with Gasteiger partial charge in [-0.15, -0.1) is 0 Å². The van der Waals surface area contributed by atoms with Crippen molar-refractivity contribution in [2.45, 2.75) is 44.6 Å². The van der Waals surface area contributed by atoms with Crippen LogP contribution in [0.1, 0.15) is 34.7 Å². The van der Waals surface area contributed by atoms with E-state index >= 15 is 0 Å². The van der Waals surface area contributed by atoms with E-state index in [0.717, 1.165) is 18.4 Å². The summed E-state index contributed by atoms with van der Waals surface area (Å²) in [7, 11) is 0. The van der Waals surface area contributed by atoms with Crippen molar-refractivity contribution in [2.75, 3.05) is 13.2 Å². The zero-order valence-electron chi connectivity index (χ0n) is 14.1. The van der Waals surface area contributed by atoms with E-state index < -0.39 is 0 Å². The predicted octanol–water partition coefficient (Wildman–Crippen LogP) is 1.97. The van der Waals surface area contributed by atoms with E-state index in [1.807, 2.05) is 17.0 Å². The molecule has 2 aliphatic rings. The van der Waals surface area contributed by atoms with Gasteiger partial charge in [-0.25, -0.2) is 0 Å². The monoisotopic (exact) mass is 343 g/mol. The molecule has 2 aromatic heterocycles. The van der Waals surface area contributed by atoms with E-state index in [1.165, 1.54) is 0 Å². The molecule has 0 bridgehead atoms. The minimum absolute atomic E-state index is 0.0284. The number of hydrogen-bond donors (Lipinski definition) is 0. The Morgan fingerprint density at radius 3 is 3.00 bits per heavy atom. The van der Waals surface area contributed by atoms with E-state index in [1.54, 1.807) is 25.4 Å². The molecule has 0 saturated carbocycles. The van der Waals surface area contributed by atoms with Gasteiger partial charge in [0.1, 0.15) is 18.0 Å². The Kier molecular flexibility index (Phi) is 4.50. The summed E-state index contributed by atoms with van der Waals surface area (Å²) in [6, 6.07) is 5.55. The van der Waals surface area contributed by atoms with Crippen molar-refractivity contribution in [3.63, 3.8) is 0 Å². The van der Waals surface area contributed by atoms with Gasteiger partial charge in [0.2, 0.25) is 0 Å². The molecule has 7 heteroatoms. The van der Waals surface area contributed by atoms with E-state index in [-0.39, 0.29) is 24.2 Å². The molecule has 0 aliphatic carbocycles. The summed E-state index contributed by atoms with van der Waals surface area (Å²) in [5, 5.41) is 3.86. The molecule has 4 rings (SSSR count). The summed E-state index contributed by atoms with van der Waals surface area (Å²) < 4.78 is 17.1. The lowest BCUT2D eigenvalue weighted by molar-refractivity contribution is -0.0809. The number of fused-ring (bicyclic) bond motifs is 1. The van der Waals surface area contributed by atoms with Gasteiger partial charge >= 0.3 is 0 Å². The number of aromatic nitrogens is 2. The van der Waals surface area contributed by atoms with Gasteiger partial charge in [0, 0.05) is 25.1 Å². The lowest BCUT2D eigenvalue weighted by atomic mass is 10.0. The number of carbonyl (C=O) groups excluding carboxylic acids is 1. The number of rotatable bonds is 4. The number of hydrogen-bond acceptors (Lipinski definition) is 6. The topological polar surface area (TPSA) is 77.7 Å². The van der Waals surface area contributed by atoms with E-state index in [4.69, 9.17) is 14.0 Å². The summed E-state index contributed by atoms with van der Waals surface area (Å²) in [4.78, 5) is 18.7. The molecule has 0 aromatic carbocycles. The van der Waals surface area contributed by atoms with Crippen molar-refractivity contribution in [3.8, 4) is 0 Å². The molecule has 2 aliphatic heterocycles. The van der Waals surface area contributed by atoms with Crippen molar-refractivity contribution < 1.29 is 18.8 Å². The third kappa shape index (κ3) is 3.29. The standard InChI is InChI=1S/C18H21N3O4/c1-12-9-14(20-25-12)18(22)21-10-16(17-15(21)3-2-8-23-17)24-11-13-4-6-19-7-5-13/h4-7,9,15-17H,2-3,8,10-11H2,1H3/t15-,16+,17+/m1/s1. The first-order chi connectivity index (χ1) is 12.2. The van der Waals surface area contributed by atoms with Gasteiger partial charge in [-0.05, 0) is 37.5 Å². The zero-order chi connectivity index (χ0) is 17.2. The molecule has 2 fully saturated rings. The normalized spacial score (nSPS) is 25.8. The molecule has 4 heterocycles. The number of nitrogens with zero attached hydrogens (tertiary/aromatic N) is 3. The van der Waals surface area contributed by atoms with Gasteiger partial charge in [-0.2, -0.15) is 0 Å². The number of pyridine rings is 1. The van der Waals surface area contributed by atoms with Gasteiger partial charge in [0.05, 0.1) is 19.2 Å². The first-order valence-corrected chi connectivity index (χ1v) is 8.59. The number of ether oxygens (including phenoxy) is 2. The second-order valence-electron chi connectivity index (χ2n) is 6.53. The number of aryl methyl sites for hydroxylation is 1. The minimum Gasteiger partial charge on any atom is -0.373 e. The maximum absolute atomic E-state index is 12.8. The fourth-order valence-corrected chi connectivity index (χ4v) is 3.59. The first-order valence-electron chi connectivity index (χ1n) is 8.59. The van der Waals surface area contributed by atoms with Crippen LogP contribution >= 0.6 is 0 Å². The van der Waals surface area contributed by atoms with Crippen LogP contribution in [-0.4, -0.2) is 52.3 Å². The average molecular weight is 343 g/mol. The van der Waals surface area contributed by atoms with Crippen LogP contribution in [0.25, 0.3) is 0 Å². The van der Waals surface area contributed by atoms with Gasteiger partial charge in [0.25, 0.3) is 5.91 Å². The van der Waals surface area contributed by atoms with Gasteiger partial charge in [-0.3, -0.25) is 9.78 Å². The lowest BCUT2D eigenvalue weighted by Gasteiger charge is -2.31. The highest BCUT2D eigenvalue weighted by Gasteiger charge is 2.47. The van der Waals surface area contributed by atoms with Gasteiger partial charge in [0.15, 0.2) is 5.69 Å². The maximum atomic E-state index is 12.8. The second kappa shape index (κ2) is 6.93. The molecule has 0 spiro atoms. The predicted molar refractivity (Wildman–Crippen MR) is 87.9 cm³/mol. The Hall–Kier alpha value is -2.25. The van der Waals surface area contributed by atoms with Crippen LogP contribution in [0.5, 0.6) is 0 Å². The van der Waals surface area contributed by atoms with Crippen molar-refractivity contribution >= 4 is 5.91 Å². The zero-order valence-corrected chi connectivity index (χ0v) is 14.1. The SMILES string of the molecule is Cc1cc(C(=O)N2C[C@H](OCc3ccncc3)[C@H]3OCCC[C@H]32)no1. The fraction of sp³-hybridized carbons (Fsp3) is 0.500. The molecule has 2 aromatic rings. The maximum Gasteiger partial charge on any atom is 0.276 e. The molecule has 3 atom stereocenters. The molecule has 25 heavy (non-hydrogen) atoms. The summed E-state index contributed by atoms with van der Waals surface area (Å²) in [6.45, 7) is 3.47. The number of carbonyl (C=O) groups is 1. The smallest absolute Gasteiger partial charge is 0.276 e. The Labute approximate surface area is 145 Å². The highest BCUT2D eigenvalue weighted by atomic mass is 16.5. The molecule has 132 valence electrons. The third-order valence-corrected chi connectivity index (χ3v) is 4.80. The van der Waals surface area contributed by atoms with Crippen molar-refractivity contribution in [3.05, 3.63) is 47.6 Å². The van der Waals surface area contributed by atoms with E-state index in [0.29, 0.717) is 31.2 Å². The van der Waals surface area contributed by atoms with Crippen molar-refractivity contribution in [1.82, 2.24) is 15.0 Å². The minimum atomic E-state index is -0.143. The van der Waals surface area contributed by atoms with Crippen molar-refractivity contribution in [2.24, 2.45) is 0 Å². The van der Waals surface area contributed by atoms with Crippen LogP contribution in [0.2, 0.25) is 0 Å². The average Bonchev–Trinajstić information content (AvgIpc) is 3.24. The highest BCUT2D eigenvalue weighted by molar-refractivity contribution is 5.92. The van der Waals surface area contributed by atoms with Crippen molar-refractivity contribution in [1.29, 1.82) is 0 Å². The lowest BCUT2D eigenvalue weighted by Crippen LogP contribution is -2.44. The van der Waals surface area contributed by atoms with Gasteiger partial charge in [-0.1, -0.05) is 5.16 Å². The fourth-order valence-electron chi connectivity index (χ4n) is 3.59. The molecule has 2 saturated heterocycles. The molecule has 1 amide bonds. The molecular weight excluding hydrogens is 322 g/mol. The summed E-state index contributed by atoms with van der Waals surface area (Å²) in [6.07, 6.45) is 5.12. The molecule has 0 N–H and O–H groups in total. The largest absolute Gasteiger partial charge is 0.373 e. The second-order valence-corrected chi connectivity index (χ2v) is 6.53. The van der Waals surface area contributed by atoms with Gasteiger partial charge < -0.3 is 18.9 Å². The van der Waals surface area contributed by atoms with Crippen LogP contribution in [0.3, 0.4) is 0 Å². The Morgan fingerprint density at radius 2 is 2.24 bits per heavy atom. The molecule has 7 nitrogen and oxygen atoms in total. The number of likely N-dealkylation sites (tertiary alicyclic amines) is 1. The Bertz CT molecular complexity index is 733. The molecule has 0 radical (unpaired) electrons. The van der Waals surface area contributed by atoms with Crippen LogP contribution in [0, 0.1) is 6.92 Å². The Morgan fingerprint density at radius 1 is 1.40 bits per heavy atom. The van der Waals surface area contributed by atoms with Crippen LogP contribution in [0.15, 0.2) is 35.1 Å². The third-order valence-electron chi connectivity index (χ3n) is 4.80. The van der Waals surface area contributed by atoms with Crippen LogP contribution in [0.4, 0.5) is 0 Å². The summed E-state index contributed by atoms with van der Waals surface area (Å²) in [5.41, 5.74) is 1.40. The van der Waals surface area contributed by atoms with E-state index in [9.17, 15) is 4.79 Å². The molecule has 0 unspecified atom stereocenters. The van der Waals surface area contributed by atoms with Crippen LogP contribution < -0.4 is 0 Å². The van der Waals surface area contributed by atoms with Crippen LogP contribution in [-0.2, 0) is 16.1 Å². The summed E-state index contributed by atoms with van der Waals surface area (Å²) in [5.74, 6) is 0.511. The Balaban J connectivity index is 1.48. The first kappa shape index (κ1) is 16.2. The van der Waals surface area contributed by atoms with E-state index in [2.05, 4.69) is 10.1 Å². The summed E-state index contributed by atoms with van der Waals surface area (Å²) >= 11 is 0. The highest BCUT2D eigenvalue weighted by Crippen LogP contribution is 2.32.